The van der Waals surface area contributed by atoms with Gasteiger partial charge in [-0.05, 0) is 60.9 Å². The summed E-state index contributed by atoms with van der Waals surface area (Å²) in [6.45, 7) is 4.42. The van der Waals surface area contributed by atoms with Gasteiger partial charge in [0.2, 0.25) is 5.91 Å². The number of ether oxygens (including phenoxy) is 1. The molecule has 1 saturated heterocycles. The van der Waals surface area contributed by atoms with E-state index in [1.54, 1.807) is 24.3 Å². The highest BCUT2D eigenvalue weighted by molar-refractivity contribution is 6.22. The fourth-order valence-corrected chi connectivity index (χ4v) is 3.37. The normalized spacial score (nSPS) is 16.2. The zero-order chi connectivity index (χ0) is 22.5. The van der Waals surface area contributed by atoms with Gasteiger partial charge < -0.3 is 15.0 Å². The molecule has 0 aliphatic carbocycles. The maximum Gasteiger partial charge on any atom is 0.332 e. The van der Waals surface area contributed by atoms with Crippen LogP contribution in [-0.4, -0.2) is 42.4 Å². The Labute approximate surface area is 180 Å². The topological polar surface area (TPSA) is 79.0 Å². The van der Waals surface area contributed by atoms with Gasteiger partial charge in [-0.15, -0.1) is 0 Å². The molecule has 0 bridgehead atoms. The number of carbonyl (C=O) groups is 3. The molecule has 1 heterocycles. The first kappa shape index (κ1) is 22.3. The van der Waals surface area contributed by atoms with Crippen LogP contribution in [0.15, 0.2) is 48.5 Å². The van der Waals surface area contributed by atoms with Gasteiger partial charge in [0.1, 0.15) is 17.6 Å². The van der Waals surface area contributed by atoms with Crippen LogP contribution in [-0.2, 0) is 9.59 Å². The van der Waals surface area contributed by atoms with Gasteiger partial charge >= 0.3 is 6.03 Å². The Morgan fingerprint density at radius 3 is 2.32 bits per heavy atom. The fraction of sp³-hybridized carbons (Fsp3) is 0.348. The molecule has 0 saturated carbocycles. The SMILES string of the molecule is COc1ccc(N2C(=O)[C@@H](CC(=O)Nc3ccc(F)cc3)N(CCC(C)C)C2=O)cc1. The lowest BCUT2D eigenvalue weighted by atomic mass is 10.1. The summed E-state index contributed by atoms with van der Waals surface area (Å²) < 4.78 is 18.2. The maximum atomic E-state index is 13.2. The van der Waals surface area contributed by atoms with Crippen molar-refractivity contribution < 1.29 is 23.5 Å². The van der Waals surface area contributed by atoms with Crippen LogP contribution in [0.5, 0.6) is 5.75 Å². The summed E-state index contributed by atoms with van der Waals surface area (Å²) in [6.07, 6.45) is 0.512. The standard InChI is InChI=1S/C23H26FN3O4/c1-15(2)12-13-26-20(14-21(28)25-17-6-4-16(24)5-7-17)22(29)27(23(26)30)18-8-10-19(31-3)11-9-18/h4-11,15,20H,12-14H2,1-3H3,(H,25,28)/t20-/m1/s1. The molecule has 0 radical (unpaired) electrons. The van der Waals surface area contributed by atoms with Crippen molar-refractivity contribution in [2.75, 3.05) is 23.9 Å². The Bertz CT molecular complexity index is 944. The highest BCUT2D eigenvalue weighted by atomic mass is 19.1. The second-order valence-electron chi connectivity index (χ2n) is 7.81. The summed E-state index contributed by atoms with van der Waals surface area (Å²) in [7, 11) is 1.53. The minimum Gasteiger partial charge on any atom is -0.497 e. The van der Waals surface area contributed by atoms with E-state index in [0.717, 1.165) is 4.90 Å². The van der Waals surface area contributed by atoms with Crippen LogP contribution in [0.4, 0.5) is 20.6 Å². The fourth-order valence-electron chi connectivity index (χ4n) is 3.37. The number of imide groups is 1. The van der Waals surface area contributed by atoms with Crippen molar-refractivity contribution in [1.29, 1.82) is 0 Å². The van der Waals surface area contributed by atoms with Gasteiger partial charge in [0, 0.05) is 12.2 Å². The molecule has 4 amide bonds. The summed E-state index contributed by atoms with van der Waals surface area (Å²) in [5.41, 5.74) is 0.843. The molecule has 0 spiro atoms. The number of carbonyl (C=O) groups excluding carboxylic acids is 3. The van der Waals surface area contributed by atoms with Crippen LogP contribution in [0.3, 0.4) is 0 Å². The number of amides is 4. The first-order valence-corrected chi connectivity index (χ1v) is 10.1. The molecule has 2 aromatic carbocycles. The van der Waals surface area contributed by atoms with Crippen molar-refractivity contribution in [3.63, 3.8) is 0 Å². The molecule has 1 fully saturated rings. The number of hydrogen-bond acceptors (Lipinski definition) is 4. The average molecular weight is 427 g/mol. The van der Waals surface area contributed by atoms with E-state index in [2.05, 4.69) is 5.32 Å². The van der Waals surface area contributed by atoms with E-state index in [4.69, 9.17) is 4.74 Å². The van der Waals surface area contributed by atoms with Crippen molar-refractivity contribution in [2.45, 2.75) is 32.7 Å². The van der Waals surface area contributed by atoms with E-state index in [0.29, 0.717) is 36.0 Å². The van der Waals surface area contributed by atoms with Gasteiger partial charge in [-0.1, -0.05) is 13.8 Å². The third-order valence-electron chi connectivity index (χ3n) is 5.10. The largest absolute Gasteiger partial charge is 0.497 e. The molecule has 1 aliphatic heterocycles. The molecule has 7 nitrogen and oxygen atoms in total. The second kappa shape index (κ2) is 9.59. The van der Waals surface area contributed by atoms with Crippen LogP contribution >= 0.6 is 0 Å². The molecule has 0 aromatic heterocycles. The van der Waals surface area contributed by atoms with Gasteiger partial charge in [-0.3, -0.25) is 9.59 Å². The van der Waals surface area contributed by atoms with Crippen molar-refractivity contribution in [2.24, 2.45) is 5.92 Å². The zero-order valence-corrected chi connectivity index (χ0v) is 17.8. The van der Waals surface area contributed by atoms with Gasteiger partial charge in [0.15, 0.2) is 0 Å². The maximum absolute atomic E-state index is 13.2. The van der Waals surface area contributed by atoms with E-state index >= 15 is 0 Å². The molecular weight excluding hydrogens is 401 g/mol. The number of rotatable bonds is 8. The molecular formula is C23H26FN3O4. The van der Waals surface area contributed by atoms with Crippen LogP contribution in [0, 0.1) is 11.7 Å². The third-order valence-corrected chi connectivity index (χ3v) is 5.10. The Kier molecular flexibility index (Phi) is 6.89. The molecule has 2 aromatic rings. The monoisotopic (exact) mass is 427 g/mol. The number of benzene rings is 2. The Balaban J connectivity index is 1.80. The predicted molar refractivity (Wildman–Crippen MR) is 115 cm³/mol. The molecule has 8 heteroatoms. The average Bonchev–Trinajstić information content (AvgIpc) is 2.97. The number of methoxy groups -OCH3 is 1. The summed E-state index contributed by atoms with van der Waals surface area (Å²) in [4.78, 5) is 41.4. The summed E-state index contributed by atoms with van der Waals surface area (Å²) >= 11 is 0. The first-order chi connectivity index (χ1) is 14.8. The second-order valence-corrected chi connectivity index (χ2v) is 7.81. The number of urea groups is 1. The summed E-state index contributed by atoms with van der Waals surface area (Å²) in [5.74, 6) is -0.358. The van der Waals surface area contributed by atoms with Gasteiger partial charge in [0.25, 0.3) is 5.91 Å². The number of nitrogens with zero attached hydrogens (tertiary/aromatic N) is 2. The van der Waals surface area contributed by atoms with Crippen LogP contribution in [0.1, 0.15) is 26.7 Å². The quantitative estimate of drug-likeness (QED) is 0.645. The van der Waals surface area contributed by atoms with Crippen molar-refractivity contribution in [3.05, 3.63) is 54.3 Å². The number of hydrogen-bond donors (Lipinski definition) is 1. The number of nitrogens with one attached hydrogen (secondary N) is 1. The molecule has 0 unspecified atom stereocenters. The van der Waals surface area contributed by atoms with E-state index in [9.17, 15) is 18.8 Å². The molecule has 31 heavy (non-hydrogen) atoms. The molecule has 164 valence electrons. The molecule has 1 atom stereocenters. The first-order valence-electron chi connectivity index (χ1n) is 10.1. The Morgan fingerprint density at radius 2 is 1.74 bits per heavy atom. The highest BCUT2D eigenvalue weighted by Gasteiger charge is 2.46. The van der Waals surface area contributed by atoms with Crippen molar-refractivity contribution in [3.8, 4) is 5.75 Å². The van der Waals surface area contributed by atoms with E-state index in [-0.39, 0.29) is 6.42 Å². The Hall–Kier alpha value is -3.42. The highest BCUT2D eigenvalue weighted by Crippen LogP contribution is 2.29. The van der Waals surface area contributed by atoms with Gasteiger partial charge in [-0.25, -0.2) is 14.1 Å². The minimum absolute atomic E-state index is 0.188. The molecule has 1 aliphatic rings. The van der Waals surface area contributed by atoms with Gasteiger partial charge in [0.05, 0.1) is 19.2 Å². The lowest BCUT2D eigenvalue weighted by Crippen LogP contribution is -2.39. The van der Waals surface area contributed by atoms with E-state index < -0.39 is 29.7 Å². The third kappa shape index (κ3) is 5.20. The minimum atomic E-state index is -0.909. The lowest BCUT2D eigenvalue weighted by molar-refractivity contribution is -0.124. The number of halogens is 1. The zero-order valence-electron chi connectivity index (χ0n) is 17.8. The van der Waals surface area contributed by atoms with Crippen LogP contribution < -0.4 is 15.0 Å². The lowest BCUT2D eigenvalue weighted by Gasteiger charge is -2.22. The molecule has 3 rings (SSSR count). The van der Waals surface area contributed by atoms with Crippen molar-refractivity contribution in [1.82, 2.24) is 4.90 Å². The van der Waals surface area contributed by atoms with E-state index in [1.165, 1.54) is 36.3 Å². The predicted octanol–water partition coefficient (Wildman–Crippen LogP) is 4.05. The van der Waals surface area contributed by atoms with Gasteiger partial charge in [-0.2, -0.15) is 0 Å². The van der Waals surface area contributed by atoms with Crippen LogP contribution in [0.2, 0.25) is 0 Å². The summed E-state index contributed by atoms with van der Waals surface area (Å²) in [5, 5.41) is 2.66. The number of anilines is 2. The summed E-state index contributed by atoms with van der Waals surface area (Å²) in [6, 6.07) is 10.6. The smallest absolute Gasteiger partial charge is 0.332 e. The van der Waals surface area contributed by atoms with E-state index in [1.807, 2.05) is 13.8 Å². The Morgan fingerprint density at radius 1 is 1.10 bits per heavy atom. The van der Waals surface area contributed by atoms with Crippen LogP contribution in [0.25, 0.3) is 0 Å². The molecule has 1 N–H and O–H groups in total. The van der Waals surface area contributed by atoms with Crippen molar-refractivity contribution >= 4 is 29.2 Å².